The molecule has 2 aromatic heterocycles. The fraction of sp³-hybridized carbons (Fsp3) is 0.588. The van der Waals surface area contributed by atoms with Gasteiger partial charge in [-0.05, 0) is 26.0 Å². The Kier molecular flexibility index (Phi) is 4.24. The van der Waals surface area contributed by atoms with Crippen LogP contribution in [0.3, 0.4) is 0 Å². The van der Waals surface area contributed by atoms with Gasteiger partial charge in [0.2, 0.25) is 0 Å². The maximum Gasteiger partial charge on any atom is 0.118 e. The first-order valence-electron chi connectivity index (χ1n) is 8.09. The first kappa shape index (κ1) is 15.3. The highest BCUT2D eigenvalue weighted by Gasteiger charge is 2.46. The van der Waals surface area contributed by atoms with Crippen LogP contribution in [0.25, 0.3) is 0 Å². The number of ether oxygens (including phenoxy) is 2. The molecule has 0 saturated carbocycles. The van der Waals surface area contributed by atoms with Gasteiger partial charge < -0.3 is 13.9 Å². The maximum absolute atomic E-state index is 6.18. The average molecular weight is 334 g/mol. The third-order valence-corrected chi connectivity index (χ3v) is 5.54. The second-order valence-corrected chi connectivity index (χ2v) is 7.48. The van der Waals surface area contributed by atoms with Crippen LogP contribution >= 0.6 is 11.3 Å². The van der Waals surface area contributed by atoms with E-state index >= 15 is 0 Å². The van der Waals surface area contributed by atoms with Crippen molar-refractivity contribution < 1.29 is 13.9 Å². The molecule has 2 aromatic rings. The van der Waals surface area contributed by atoms with Crippen molar-refractivity contribution >= 4 is 11.3 Å². The van der Waals surface area contributed by atoms with E-state index in [-0.39, 0.29) is 6.10 Å². The Hall–Kier alpha value is -1.21. The third kappa shape index (κ3) is 3.21. The van der Waals surface area contributed by atoms with Crippen molar-refractivity contribution in [2.45, 2.75) is 39.1 Å². The zero-order valence-corrected chi connectivity index (χ0v) is 14.3. The number of hydrogen-bond acceptors (Lipinski definition) is 6. The summed E-state index contributed by atoms with van der Waals surface area (Å²) >= 11 is 1.67. The predicted octanol–water partition coefficient (Wildman–Crippen LogP) is 2.77. The fourth-order valence-electron chi connectivity index (χ4n) is 3.59. The molecule has 0 N–H and O–H groups in total. The van der Waals surface area contributed by atoms with Gasteiger partial charge in [-0.25, -0.2) is 4.98 Å². The Bertz CT molecular complexity index is 668. The molecule has 2 fully saturated rings. The monoisotopic (exact) mass is 334 g/mol. The lowest BCUT2D eigenvalue weighted by molar-refractivity contribution is 0.00722. The summed E-state index contributed by atoms with van der Waals surface area (Å²) in [5.41, 5.74) is 1.03. The maximum atomic E-state index is 6.18. The van der Waals surface area contributed by atoms with E-state index < -0.39 is 0 Å². The molecule has 0 spiro atoms. The van der Waals surface area contributed by atoms with Crippen molar-refractivity contribution in [2.24, 2.45) is 5.92 Å². The smallest absolute Gasteiger partial charge is 0.118 e. The molecule has 23 heavy (non-hydrogen) atoms. The molecule has 3 atom stereocenters. The van der Waals surface area contributed by atoms with Crippen molar-refractivity contribution in [3.8, 4) is 0 Å². The lowest BCUT2D eigenvalue weighted by atomic mass is 10.0. The number of likely N-dealkylation sites (tertiary alicyclic amines) is 1. The largest absolute Gasteiger partial charge is 0.465 e. The van der Waals surface area contributed by atoms with Gasteiger partial charge in [0.15, 0.2) is 0 Å². The van der Waals surface area contributed by atoms with Crippen molar-refractivity contribution in [3.05, 3.63) is 39.7 Å². The Labute approximate surface area is 140 Å². The number of rotatable bonds is 5. The van der Waals surface area contributed by atoms with Crippen molar-refractivity contribution in [2.75, 3.05) is 19.8 Å². The Morgan fingerprint density at radius 2 is 2.26 bits per heavy atom. The molecule has 4 heterocycles. The van der Waals surface area contributed by atoms with Crippen molar-refractivity contribution in [1.29, 1.82) is 0 Å². The van der Waals surface area contributed by atoms with Crippen LogP contribution in [0.15, 0.2) is 21.9 Å². The number of nitrogens with zero attached hydrogens (tertiary/aromatic N) is 2. The van der Waals surface area contributed by atoms with Crippen LogP contribution in [0.1, 0.15) is 22.2 Å². The van der Waals surface area contributed by atoms with Gasteiger partial charge in [0.25, 0.3) is 0 Å². The topological polar surface area (TPSA) is 47.7 Å². The molecule has 0 amide bonds. The van der Waals surface area contributed by atoms with Crippen LogP contribution < -0.4 is 0 Å². The minimum Gasteiger partial charge on any atom is -0.465 e. The van der Waals surface area contributed by atoms with E-state index in [1.54, 1.807) is 11.3 Å². The molecule has 5 nitrogen and oxygen atoms in total. The number of aryl methyl sites for hydroxylation is 2. The minimum atomic E-state index is 0.209. The summed E-state index contributed by atoms with van der Waals surface area (Å²) in [5, 5.41) is 3.17. The molecule has 4 rings (SSSR count). The second-order valence-electron chi connectivity index (χ2n) is 6.42. The van der Waals surface area contributed by atoms with Gasteiger partial charge in [0.05, 0.1) is 43.2 Å². The van der Waals surface area contributed by atoms with Crippen LogP contribution in [0.5, 0.6) is 0 Å². The second kappa shape index (κ2) is 6.36. The normalized spacial score (nSPS) is 27.7. The number of aromatic nitrogens is 1. The third-order valence-electron chi connectivity index (χ3n) is 4.72. The molecular weight excluding hydrogens is 312 g/mol. The highest BCUT2D eigenvalue weighted by Crippen LogP contribution is 2.33. The molecule has 0 aromatic carbocycles. The summed E-state index contributed by atoms with van der Waals surface area (Å²) in [5.74, 6) is 2.43. The van der Waals surface area contributed by atoms with Crippen LogP contribution in [0.4, 0.5) is 0 Å². The number of fused-ring (bicyclic) bond motifs is 1. The SMILES string of the molecule is Cc1ccc(CN2C[C@@H](OCc3csc(C)n3)[C@@H]3COC[C@@H]32)o1. The lowest BCUT2D eigenvalue weighted by Crippen LogP contribution is -2.32. The van der Waals surface area contributed by atoms with E-state index in [0.29, 0.717) is 18.6 Å². The first-order valence-corrected chi connectivity index (χ1v) is 8.97. The molecular formula is C17H22N2O3S. The molecule has 0 radical (unpaired) electrons. The summed E-state index contributed by atoms with van der Waals surface area (Å²) in [6.45, 7) is 7.94. The quantitative estimate of drug-likeness (QED) is 0.841. The van der Waals surface area contributed by atoms with Gasteiger partial charge >= 0.3 is 0 Å². The summed E-state index contributed by atoms with van der Waals surface area (Å²) in [6, 6.07) is 4.52. The Morgan fingerprint density at radius 1 is 1.35 bits per heavy atom. The van der Waals surface area contributed by atoms with Crippen molar-refractivity contribution in [3.63, 3.8) is 0 Å². The molecule has 0 unspecified atom stereocenters. The van der Waals surface area contributed by atoms with Crippen LogP contribution in [-0.4, -0.2) is 41.8 Å². The van der Waals surface area contributed by atoms with Gasteiger partial charge in [0.1, 0.15) is 11.5 Å². The number of furan rings is 1. The molecule has 0 bridgehead atoms. The summed E-state index contributed by atoms with van der Waals surface area (Å²) in [6.07, 6.45) is 0.209. The van der Waals surface area contributed by atoms with Crippen LogP contribution in [0.2, 0.25) is 0 Å². The zero-order valence-electron chi connectivity index (χ0n) is 13.5. The van der Waals surface area contributed by atoms with E-state index in [4.69, 9.17) is 13.9 Å². The molecule has 6 heteroatoms. The Balaban J connectivity index is 1.40. The van der Waals surface area contributed by atoms with Crippen LogP contribution in [-0.2, 0) is 22.6 Å². The summed E-state index contributed by atoms with van der Waals surface area (Å²) in [7, 11) is 0. The van der Waals surface area contributed by atoms with Gasteiger partial charge in [0, 0.05) is 23.9 Å². The van der Waals surface area contributed by atoms with E-state index in [1.165, 1.54) is 0 Å². The molecule has 2 aliphatic heterocycles. The standard InChI is InChI=1S/C17H22N2O3S/c1-11-3-4-14(22-11)5-19-6-17(15-8-20-9-16(15)19)21-7-13-10-23-12(2)18-13/h3-4,10,15-17H,5-9H2,1-2H3/t15-,16+,17-/m1/s1. The summed E-state index contributed by atoms with van der Waals surface area (Å²) < 4.78 is 17.6. The van der Waals surface area contributed by atoms with E-state index in [1.807, 2.05) is 19.9 Å². The molecule has 2 saturated heterocycles. The predicted molar refractivity (Wildman–Crippen MR) is 87.4 cm³/mol. The minimum absolute atomic E-state index is 0.209. The van der Waals surface area contributed by atoms with Gasteiger partial charge in [-0.3, -0.25) is 4.90 Å². The molecule has 0 aliphatic carbocycles. The first-order chi connectivity index (χ1) is 11.2. The van der Waals surface area contributed by atoms with Gasteiger partial charge in [-0.2, -0.15) is 0 Å². The fourth-order valence-corrected chi connectivity index (χ4v) is 4.19. The number of hydrogen-bond donors (Lipinski definition) is 0. The lowest BCUT2D eigenvalue weighted by Gasteiger charge is -2.20. The van der Waals surface area contributed by atoms with E-state index in [0.717, 1.165) is 48.5 Å². The van der Waals surface area contributed by atoms with Crippen molar-refractivity contribution in [1.82, 2.24) is 9.88 Å². The van der Waals surface area contributed by atoms with Crippen LogP contribution in [0, 0.1) is 19.8 Å². The number of thiazole rings is 1. The average Bonchev–Trinajstić information content (AvgIpc) is 3.25. The van der Waals surface area contributed by atoms with Gasteiger partial charge in [-0.15, -0.1) is 11.3 Å². The zero-order chi connectivity index (χ0) is 15.8. The molecule has 124 valence electrons. The summed E-state index contributed by atoms with van der Waals surface area (Å²) in [4.78, 5) is 6.92. The highest BCUT2D eigenvalue weighted by molar-refractivity contribution is 7.09. The highest BCUT2D eigenvalue weighted by atomic mass is 32.1. The molecule has 2 aliphatic rings. The van der Waals surface area contributed by atoms with E-state index in [2.05, 4.69) is 21.3 Å². The van der Waals surface area contributed by atoms with Gasteiger partial charge in [-0.1, -0.05) is 0 Å². The van der Waals surface area contributed by atoms with E-state index in [9.17, 15) is 0 Å². The Morgan fingerprint density at radius 3 is 3.00 bits per heavy atom.